The van der Waals surface area contributed by atoms with E-state index in [4.69, 9.17) is 0 Å². The molecule has 0 amide bonds. The molecule has 2 heteroatoms. The molecule has 1 aromatic heterocycles. The Kier molecular flexibility index (Phi) is 8.01. The zero-order chi connectivity index (χ0) is 19.1. The van der Waals surface area contributed by atoms with E-state index in [9.17, 15) is 0 Å². The van der Waals surface area contributed by atoms with Crippen molar-refractivity contribution in [3.8, 4) is 5.69 Å². The minimum absolute atomic E-state index is 0.110. The van der Waals surface area contributed by atoms with Crippen LogP contribution in [0, 0.1) is 20.8 Å². The molecule has 1 atom stereocenters. The van der Waals surface area contributed by atoms with Crippen LogP contribution in [0.15, 0.2) is 30.1 Å². The number of benzene rings is 1. The van der Waals surface area contributed by atoms with Crippen LogP contribution in [0.25, 0.3) is 5.69 Å². The van der Waals surface area contributed by atoms with Gasteiger partial charge in [0, 0.05) is 22.6 Å². The first-order chi connectivity index (χ1) is 13.1. The molecule has 0 spiro atoms. The third-order valence-corrected chi connectivity index (χ3v) is 8.65. The van der Waals surface area contributed by atoms with Crippen molar-refractivity contribution in [3.63, 3.8) is 0 Å². The lowest BCUT2D eigenvalue weighted by atomic mass is 10.1. The van der Waals surface area contributed by atoms with Crippen molar-refractivity contribution >= 4 is 7.53 Å². The Morgan fingerprint density at radius 3 is 1.74 bits per heavy atom. The van der Waals surface area contributed by atoms with Gasteiger partial charge in [-0.1, -0.05) is 69.8 Å². The third-order valence-electron chi connectivity index (χ3n) is 6.30. The van der Waals surface area contributed by atoms with Gasteiger partial charge < -0.3 is 0 Å². The molecule has 2 aromatic rings. The molecule has 0 aliphatic heterocycles. The zero-order valence-corrected chi connectivity index (χ0v) is 18.7. The van der Waals surface area contributed by atoms with E-state index in [0.717, 1.165) is 5.66 Å². The Balaban J connectivity index is 1.74. The second kappa shape index (κ2) is 10.5. The summed E-state index contributed by atoms with van der Waals surface area (Å²) >= 11 is 0. The van der Waals surface area contributed by atoms with Gasteiger partial charge in [-0.3, -0.25) is 0 Å². The molecular weight excluding hydrogens is 345 g/mol. The molecule has 1 aliphatic rings. The lowest BCUT2D eigenvalue weighted by molar-refractivity contribution is -0.591. The molecule has 1 heterocycles. The summed E-state index contributed by atoms with van der Waals surface area (Å²) in [6.07, 6.45) is 19.8. The predicted molar refractivity (Wildman–Crippen MR) is 119 cm³/mol. The highest BCUT2D eigenvalue weighted by atomic mass is 31.1. The summed E-state index contributed by atoms with van der Waals surface area (Å²) in [5.74, 6) is 5.11. The summed E-state index contributed by atoms with van der Waals surface area (Å²) in [7, 11) is -0.110. The maximum Gasteiger partial charge on any atom is 0.216 e. The van der Waals surface area contributed by atoms with Gasteiger partial charge in [-0.15, -0.1) is 0 Å². The molecule has 1 aliphatic carbocycles. The molecule has 0 radical (unpaired) electrons. The minimum atomic E-state index is -0.110. The summed E-state index contributed by atoms with van der Waals surface area (Å²) < 4.78 is 2.44. The van der Waals surface area contributed by atoms with Gasteiger partial charge in [0.25, 0.3) is 0 Å². The standard InChI is InChI=1S/C25H39NP/c1-21-18-22(2)25(23(3)19-21)26-16-17-27(20-26)24-14-12-10-8-6-4-5-7-9-11-13-15-24/h16-20,24H,4-15H2,1-3H3/q+1. The Hall–Kier alpha value is -1.07. The number of rotatable bonds is 2. The van der Waals surface area contributed by atoms with Crippen molar-refractivity contribution < 1.29 is 4.57 Å². The highest BCUT2D eigenvalue weighted by Gasteiger charge is 2.20. The molecule has 0 saturated heterocycles. The van der Waals surface area contributed by atoms with Crippen molar-refractivity contribution in [3.05, 3.63) is 46.7 Å². The molecule has 1 nitrogen and oxygen atoms in total. The average Bonchev–Trinajstić information content (AvgIpc) is 3.09. The van der Waals surface area contributed by atoms with Gasteiger partial charge in [-0.2, -0.15) is 4.57 Å². The molecule has 1 aromatic carbocycles. The predicted octanol–water partition coefficient (Wildman–Crippen LogP) is 8.11. The Morgan fingerprint density at radius 1 is 0.741 bits per heavy atom. The second-order valence-corrected chi connectivity index (χ2v) is 10.9. The first kappa shape index (κ1) is 20.7. The van der Waals surface area contributed by atoms with E-state index in [1.165, 1.54) is 99.4 Å². The van der Waals surface area contributed by atoms with Gasteiger partial charge in [0.2, 0.25) is 5.69 Å². The minimum Gasteiger partial charge on any atom is -0.163 e. The van der Waals surface area contributed by atoms with Gasteiger partial charge in [0.05, 0.1) is 0 Å². The van der Waals surface area contributed by atoms with Gasteiger partial charge in [0.1, 0.15) is 0 Å². The summed E-state index contributed by atoms with van der Waals surface area (Å²) in [5.41, 5.74) is 6.48. The quantitative estimate of drug-likeness (QED) is 0.460. The van der Waals surface area contributed by atoms with E-state index in [2.05, 4.69) is 55.4 Å². The van der Waals surface area contributed by atoms with Crippen LogP contribution in [-0.4, -0.2) is 0 Å². The number of aryl methyl sites for hydroxylation is 3. The molecule has 0 N–H and O–H groups in total. The molecule has 1 unspecified atom stereocenters. The van der Waals surface area contributed by atoms with Gasteiger partial charge in [-0.25, -0.2) is 0 Å². The van der Waals surface area contributed by atoms with E-state index < -0.39 is 0 Å². The molecular formula is C25H39NP+. The Morgan fingerprint density at radius 2 is 1.22 bits per heavy atom. The Bertz CT molecular complexity index is 678. The average molecular weight is 385 g/mol. The van der Waals surface area contributed by atoms with Crippen LogP contribution in [0.1, 0.15) is 99.4 Å². The summed E-state index contributed by atoms with van der Waals surface area (Å²) in [6.45, 7) is 6.72. The number of nitrogens with zero attached hydrogens (tertiary/aromatic N) is 1. The van der Waals surface area contributed by atoms with Crippen LogP contribution in [0.5, 0.6) is 0 Å². The molecule has 1 saturated carbocycles. The van der Waals surface area contributed by atoms with Crippen molar-refractivity contribution in [2.75, 3.05) is 0 Å². The lowest BCUT2D eigenvalue weighted by Gasteiger charge is -2.14. The first-order valence-corrected chi connectivity index (χ1v) is 12.9. The fourth-order valence-electron chi connectivity index (χ4n) is 4.91. The fourth-order valence-corrected chi connectivity index (χ4v) is 7.16. The van der Waals surface area contributed by atoms with Crippen molar-refractivity contribution in [1.82, 2.24) is 0 Å². The van der Waals surface area contributed by atoms with Crippen molar-refractivity contribution in [2.24, 2.45) is 0 Å². The van der Waals surface area contributed by atoms with Crippen LogP contribution in [-0.2, 0) is 0 Å². The number of hydrogen-bond donors (Lipinski definition) is 0. The van der Waals surface area contributed by atoms with E-state index in [0.29, 0.717) is 0 Å². The fraction of sp³-hybridized carbons (Fsp3) is 0.640. The monoisotopic (exact) mass is 384 g/mol. The highest BCUT2D eigenvalue weighted by molar-refractivity contribution is 7.48. The normalized spacial score (nSPS) is 19.1. The smallest absolute Gasteiger partial charge is 0.163 e. The number of hydrogen-bond acceptors (Lipinski definition) is 0. The largest absolute Gasteiger partial charge is 0.216 e. The van der Waals surface area contributed by atoms with E-state index in [1.807, 2.05) is 0 Å². The third kappa shape index (κ3) is 5.95. The SMILES string of the molecule is Cc1cc(C)c(-[n+]2ccp(C3CCCCCCCCCCCC3)c2)c(C)c1. The second-order valence-electron chi connectivity index (χ2n) is 8.78. The van der Waals surface area contributed by atoms with E-state index >= 15 is 0 Å². The first-order valence-electron chi connectivity index (χ1n) is 11.3. The summed E-state index contributed by atoms with van der Waals surface area (Å²) in [5, 5.41) is 0. The van der Waals surface area contributed by atoms with Crippen LogP contribution < -0.4 is 4.57 Å². The Labute approximate surface area is 168 Å². The van der Waals surface area contributed by atoms with Gasteiger partial charge in [0.15, 0.2) is 12.1 Å². The molecule has 3 rings (SSSR count). The van der Waals surface area contributed by atoms with Gasteiger partial charge >= 0.3 is 0 Å². The van der Waals surface area contributed by atoms with E-state index in [-0.39, 0.29) is 7.53 Å². The highest BCUT2D eigenvalue weighted by Crippen LogP contribution is 2.45. The maximum atomic E-state index is 2.57. The van der Waals surface area contributed by atoms with Crippen LogP contribution in [0.3, 0.4) is 0 Å². The zero-order valence-electron chi connectivity index (χ0n) is 17.8. The molecule has 0 bridgehead atoms. The van der Waals surface area contributed by atoms with Crippen molar-refractivity contribution in [1.29, 1.82) is 0 Å². The molecule has 27 heavy (non-hydrogen) atoms. The topological polar surface area (TPSA) is 3.88 Å². The van der Waals surface area contributed by atoms with Gasteiger partial charge in [-0.05, 0) is 53.3 Å². The summed E-state index contributed by atoms with van der Waals surface area (Å²) in [4.78, 5) is 0. The molecule has 1 fully saturated rings. The van der Waals surface area contributed by atoms with Crippen molar-refractivity contribution in [2.45, 2.75) is 103 Å². The van der Waals surface area contributed by atoms with Crippen LogP contribution >= 0.6 is 7.53 Å². The number of aromatic nitrogens is 1. The molecule has 148 valence electrons. The van der Waals surface area contributed by atoms with Crippen LogP contribution in [0.2, 0.25) is 0 Å². The lowest BCUT2D eigenvalue weighted by Crippen LogP contribution is -2.29. The summed E-state index contributed by atoms with van der Waals surface area (Å²) in [6, 6.07) is 4.65. The maximum absolute atomic E-state index is 2.57. The van der Waals surface area contributed by atoms with Crippen LogP contribution in [0.4, 0.5) is 0 Å². The van der Waals surface area contributed by atoms with E-state index in [1.54, 1.807) is 0 Å².